The Kier molecular flexibility index (Phi) is 4.87. The number of nitrogens with zero attached hydrogens (tertiary/aromatic N) is 2. The fraction of sp³-hybridized carbons (Fsp3) is 0.455. The topological polar surface area (TPSA) is 66.6 Å². The lowest BCUT2D eigenvalue weighted by molar-refractivity contribution is -0.116. The SMILES string of the molecule is CC1C2CC=CC(C(N)=O)=C2C(=O)N1c1ccc(CN2CCCCC2)cc1. The molecule has 2 fully saturated rings. The van der Waals surface area contributed by atoms with Gasteiger partial charge in [-0.1, -0.05) is 30.7 Å². The molecular weight excluding hydrogens is 338 g/mol. The maximum Gasteiger partial charge on any atom is 0.255 e. The number of allylic oxidation sites excluding steroid dienone is 1. The lowest BCUT2D eigenvalue weighted by atomic mass is 9.85. The summed E-state index contributed by atoms with van der Waals surface area (Å²) in [6, 6.07) is 8.31. The molecule has 2 aliphatic heterocycles. The van der Waals surface area contributed by atoms with Gasteiger partial charge in [0.15, 0.2) is 0 Å². The lowest BCUT2D eigenvalue weighted by Gasteiger charge is -2.27. The van der Waals surface area contributed by atoms with Crippen molar-refractivity contribution in [2.75, 3.05) is 18.0 Å². The van der Waals surface area contributed by atoms with Gasteiger partial charge in [-0.15, -0.1) is 0 Å². The van der Waals surface area contributed by atoms with Gasteiger partial charge in [0.25, 0.3) is 5.91 Å². The van der Waals surface area contributed by atoms with E-state index in [-0.39, 0.29) is 17.9 Å². The molecule has 4 rings (SSSR count). The molecule has 5 heteroatoms. The minimum absolute atomic E-state index is 0.0137. The number of nitrogens with two attached hydrogens (primary N) is 1. The molecule has 0 saturated carbocycles. The Labute approximate surface area is 160 Å². The molecule has 2 saturated heterocycles. The number of amides is 2. The van der Waals surface area contributed by atoms with Crippen molar-refractivity contribution in [2.24, 2.45) is 11.7 Å². The molecule has 1 aliphatic carbocycles. The minimum atomic E-state index is -0.523. The van der Waals surface area contributed by atoms with E-state index in [4.69, 9.17) is 5.73 Å². The number of benzene rings is 1. The number of likely N-dealkylation sites (tertiary alicyclic amines) is 1. The normalized spacial score (nSPS) is 25.8. The number of anilines is 1. The molecule has 2 unspecified atom stereocenters. The Morgan fingerprint density at radius 1 is 1.15 bits per heavy atom. The molecule has 0 aromatic heterocycles. The van der Waals surface area contributed by atoms with E-state index in [1.807, 2.05) is 23.1 Å². The standard InChI is InChI=1S/C22H27N3O2/c1-15-18-6-5-7-19(21(23)26)20(18)22(27)25(15)17-10-8-16(9-11-17)14-24-12-3-2-4-13-24/h5,7-11,15,18H,2-4,6,12-14H2,1H3,(H2,23,26). The molecule has 2 N–H and O–H groups in total. The van der Waals surface area contributed by atoms with Gasteiger partial charge in [-0.3, -0.25) is 14.5 Å². The molecule has 2 amide bonds. The molecule has 142 valence electrons. The van der Waals surface area contributed by atoms with Crippen molar-refractivity contribution in [2.45, 2.75) is 45.2 Å². The second kappa shape index (κ2) is 7.31. The molecule has 2 atom stereocenters. The summed E-state index contributed by atoms with van der Waals surface area (Å²) in [4.78, 5) is 29.2. The Balaban J connectivity index is 1.56. The van der Waals surface area contributed by atoms with Crippen molar-refractivity contribution in [3.05, 3.63) is 53.1 Å². The highest BCUT2D eigenvalue weighted by Gasteiger charge is 2.44. The minimum Gasteiger partial charge on any atom is -0.366 e. The molecule has 1 aromatic rings. The first-order chi connectivity index (χ1) is 13.1. The summed E-state index contributed by atoms with van der Waals surface area (Å²) in [5.74, 6) is -0.585. The molecule has 0 radical (unpaired) electrons. The maximum absolute atomic E-state index is 13.1. The first-order valence-electron chi connectivity index (χ1n) is 9.91. The third-order valence-corrected chi connectivity index (χ3v) is 6.11. The maximum atomic E-state index is 13.1. The fourth-order valence-corrected chi connectivity index (χ4v) is 4.65. The van der Waals surface area contributed by atoms with Crippen LogP contribution in [0, 0.1) is 5.92 Å². The van der Waals surface area contributed by atoms with Crippen LogP contribution in [0.3, 0.4) is 0 Å². The summed E-state index contributed by atoms with van der Waals surface area (Å²) < 4.78 is 0. The van der Waals surface area contributed by atoms with Crippen LogP contribution < -0.4 is 10.6 Å². The van der Waals surface area contributed by atoms with Crippen molar-refractivity contribution < 1.29 is 9.59 Å². The third kappa shape index (κ3) is 3.32. The highest BCUT2D eigenvalue weighted by Crippen LogP contribution is 2.40. The van der Waals surface area contributed by atoms with Crippen LogP contribution in [0.5, 0.6) is 0 Å². The molecule has 2 heterocycles. The predicted molar refractivity (Wildman–Crippen MR) is 106 cm³/mol. The van der Waals surface area contributed by atoms with E-state index in [2.05, 4.69) is 24.0 Å². The zero-order valence-corrected chi connectivity index (χ0v) is 15.9. The Morgan fingerprint density at radius 2 is 1.85 bits per heavy atom. The van der Waals surface area contributed by atoms with Crippen LogP contribution in [-0.4, -0.2) is 35.8 Å². The summed E-state index contributed by atoms with van der Waals surface area (Å²) in [6.45, 7) is 5.35. The number of piperidine rings is 1. The molecule has 0 bridgehead atoms. The van der Waals surface area contributed by atoms with Crippen LogP contribution in [0.2, 0.25) is 0 Å². The van der Waals surface area contributed by atoms with Gasteiger partial charge < -0.3 is 10.6 Å². The van der Waals surface area contributed by atoms with Gasteiger partial charge in [0.05, 0.1) is 0 Å². The number of hydrogen-bond acceptors (Lipinski definition) is 3. The first-order valence-corrected chi connectivity index (χ1v) is 9.91. The highest BCUT2D eigenvalue weighted by atomic mass is 16.2. The van der Waals surface area contributed by atoms with E-state index < -0.39 is 5.91 Å². The third-order valence-electron chi connectivity index (χ3n) is 6.11. The zero-order chi connectivity index (χ0) is 19.0. The number of fused-ring (bicyclic) bond motifs is 1. The van der Waals surface area contributed by atoms with Gasteiger partial charge >= 0.3 is 0 Å². The number of carbonyl (C=O) groups is 2. The van der Waals surface area contributed by atoms with E-state index in [1.165, 1.54) is 37.9 Å². The van der Waals surface area contributed by atoms with Gasteiger partial charge in [-0.2, -0.15) is 0 Å². The van der Waals surface area contributed by atoms with E-state index >= 15 is 0 Å². The number of primary amides is 1. The molecular formula is C22H27N3O2. The van der Waals surface area contributed by atoms with Crippen LogP contribution in [0.4, 0.5) is 5.69 Å². The monoisotopic (exact) mass is 365 g/mol. The van der Waals surface area contributed by atoms with Gasteiger partial charge in [0.1, 0.15) is 0 Å². The highest BCUT2D eigenvalue weighted by molar-refractivity contribution is 6.15. The Morgan fingerprint density at radius 3 is 2.52 bits per heavy atom. The van der Waals surface area contributed by atoms with Crippen molar-refractivity contribution in [3.63, 3.8) is 0 Å². The fourth-order valence-electron chi connectivity index (χ4n) is 4.65. The smallest absolute Gasteiger partial charge is 0.255 e. The molecule has 0 spiro atoms. The van der Waals surface area contributed by atoms with Crippen LogP contribution in [0.25, 0.3) is 0 Å². The molecule has 1 aromatic carbocycles. The van der Waals surface area contributed by atoms with E-state index in [0.29, 0.717) is 11.1 Å². The average molecular weight is 365 g/mol. The van der Waals surface area contributed by atoms with Gasteiger partial charge in [-0.05, 0) is 57.0 Å². The second-order valence-corrected chi connectivity index (χ2v) is 7.86. The average Bonchev–Trinajstić information content (AvgIpc) is 2.94. The number of hydrogen-bond donors (Lipinski definition) is 1. The quantitative estimate of drug-likeness (QED) is 0.892. The van der Waals surface area contributed by atoms with E-state index in [1.54, 1.807) is 6.08 Å². The van der Waals surface area contributed by atoms with Crippen LogP contribution in [-0.2, 0) is 16.1 Å². The summed E-state index contributed by atoms with van der Waals surface area (Å²) in [7, 11) is 0. The number of carbonyl (C=O) groups excluding carboxylic acids is 2. The van der Waals surface area contributed by atoms with Crippen molar-refractivity contribution >= 4 is 17.5 Å². The molecule has 27 heavy (non-hydrogen) atoms. The van der Waals surface area contributed by atoms with E-state index in [0.717, 1.165) is 18.7 Å². The Bertz CT molecular complexity index is 803. The van der Waals surface area contributed by atoms with Gasteiger partial charge in [-0.25, -0.2) is 0 Å². The second-order valence-electron chi connectivity index (χ2n) is 7.86. The van der Waals surface area contributed by atoms with E-state index in [9.17, 15) is 9.59 Å². The van der Waals surface area contributed by atoms with Crippen LogP contribution in [0.15, 0.2) is 47.6 Å². The lowest BCUT2D eigenvalue weighted by Crippen LogP contribution is -2.33. The van der Waals surface area contributed by atoms with Gasteiger partial charge in [0, 0.05) is 35.3 Å². The predicted octanol–water partition coefficient (Wildman–Crippen LogP) is 2.77. The van der Waals surface area contributed by atoms with Gasteiger partial charge in [0.2, 0.25) is 5.91 Å². The van der Waals surface area contributed by atoms with Crippen LogP contribution in [0.1, 0.15) is 38.2 Å². The first kappa shape index (κ1) is 18.0. The van der Waals surface area contributed by atoms with Crippen molar-refractivity contribution in [1.29, 1.82) is 0 Å². The van der Waals surface area contributed by atoms with Crippen molar-refractivity contribution in [1.82, 2.24) is 4.90 Å². The summed E-state index contributed by atoms with van der Waals surface area (Å²) in [5, 5.41) is 0. The molecule has 5 nitrogen and oxygen atoms in total. The molecule has 3 aliphatic rings. The summed E-state index contributed by atoms with van der Waals surface area (Å²) in [5.41, 5.74) is 8.61. The van der Waals surface area contributed by atoms with Crippen molar-refractivity contribution in [3.8, 4) is 0 Å². The largest absolute Gasteiger partial charge is 0.366 e. The summed E-state index contributed by atoms with van der Waals surface area (Å²) >= 11 is 0. The van der Waals surface area contributed by atoms with Crippen LogP contribution >= 0.6 is 0 Å². The Hall–Kier alpha value is -2.40. The zero-order valence-electron chi connectivity index (χ0n) is 15.9. The number of rotatable bonds is 4. The summed E-state index contributed by atoms with van der Waals surface area (Å²) in [6.07, 6.45) is 8.31.